The molecule has 2 rings (SSSR count). The smallest absolute Gasteiger partial charge is 0.0770 e. The molecule has 0 aromatic carbocycles. The fourth-order valence-electron chi connectivity index (χ4n) is 1.82. The molecule has 2 saturated heterocycles. The Morgan fingerprint density at radius 1 is 1.45 bits per heavy atom. The molecule has 0 saturated carbocycles. The summed E-state index contributed by atoms with van der Waals surface area (Å²) in [6, 6.07) is 0. The summed E-state index contributed by atoms with van der Waals surface area (Å²) in [6.07, 6.45) is 2.72. The average molecular weight is 189 g/mol. The molecule has 1 nitrogen and oxygen atoms in total. The normalized spacial score (nSPS) is 45.0. The van der Waals surface area contributed by atoms with Crippen molar-refractivity contribution < 1.29 is 0 Å². The molecule has 1 N–H and O–H groups in total. The monoisotopic (exact) mass is 189 g/mol. The van der Waals surface area contributed by atoms with Crippen molar-refractivity contribution in [2.24, 2.45) is 0 Å². The van der Waals surface area contributed by atoms with Crippen LogP contribution < -0.4 is 5.32 Å². The number of hydrogen-bond acceptors (Lipinski definition) is 3. The lowest BCUT2D eigenvalue weighted by Crippen LogP contribution is -2.49. The van der Waals surface area contributed by atoms with Crippen molar-refractivity contribution in [3.8, 4) is 0 Å². The Morgan fingerprint density at radius 3 is 2.91 bits per heavy atom. The molecular weight excluding hydrogens is 174 g/mol. The molecule has 2 unspecified atom stereocenters. The van der Waals surface area contributed by atoms with E-state index < -0.39 is 0 Å². The molecule has 0 radical (unpaired) electrons. The van der Waals surface area contributed by atoms with Crippen LogP contribution in [-0.4, -0.2) is 28.2 Å². The van der Waals surface area contributed by atoms with E-state index >= 15 is 0 Å². The molecule has 2 fully saturated rings. The molecule has 1 spiro atoms. The van der Waals surface area contributed by atoms with Crippen molar-refractivity contribution in [3.05, 3.63) is 0 Å². The van der Waals surface area contributed by atoms with Crippen molar-refractivity contribution >= 4 is 23.5 Å². The highest BCUT2D eigenvalue weighted by Gasteiger charge is 2.41. The van der Waals surface area contributed by atoms with Gasteiger partial charge in [0.2, 0.25) is 0 Å². The predicted octanol–water partition coefficient (Wildman–Crippen LogP) is 1.93. The Kier molecular flexibility index (Phi) is 2.40. The average Bonchev–Trinajstić information content (AvgIpc) is 2.36. The second-order valence-corrected chi connectivity index (χ2v) is 6.16. The lowest BCUT2D eigenvalue weighted by Gasteiger charge is -2.37. The minimum atomic E-state index is 0.461. The summed E-state index contributed by atoms with van der Waals surface area (Å²) in [7, 11) is 0. The third kappa shape index (κ3) is 1.43. The van der Waals surface area contributed by atoms with Gasteiger partial charge in [0, 0.05) is 5.25 Å². The first-order chi connectivity index (χ1) is 5.33. The zero-order valence-electron chi connectivity index (χ0n) is 6.93. The Morgan fingerprint density at radius 2 is 2.36 bits per heavy atom. The van der Waals surface area contributed by atoms with E-state index in [1.807, 2.05) is 0 Å². The first-order valence-electron chi connectivity index (χ1n) is 4.34. The van der Waals surface area contributed by atoms with E-state index in [4.69, 9.17) is 0 Å². The van der Waals surface area contributed by atoms with Crippen LogP contribution in [0.1, 0.15) is 19.8 Å². The molecule has 11 heavy (non-hydrogen) atoms. The van der Waals surface area contributed by atoms with Crippen LogP contribution in [0.5, 0.6) is 0 Å². The van der Waals surface area contributed by atoms with E-state index in [9.17, 15) is 0 Å². The highest BCUT2D eigenvalue weighted by atomic mass is 32.2. The van der Waals surface area contributed by atoms with E-state index in [-0.39, 0.29) is 0 Å². The van der Waals surface area contributed by atoms with Gasteiger partial charge in [-0.1, -0.05) is 6.92 Å². The van der Waals surface area contributed by atoms with Gasteiger partial charge in [0.15, 0.2) is 0 Å². The van der Waals surface area contributed by atoms with E-state index in [1.165, 1.54) is 30.9 Å². The minimum absolute atomic E-state index is 0.461. The molecule has 0 bridgehead atoms. The van der Waals surface area contributed by atoms with Crippen LogP contribution in [0.25, 0.3) is 0 Å². The molecule has 2 aliphatic heterocycles. The molecule has 2 aliphatic rings. The lowest BCUT2D eigenvalue weighted by atomic mass is 10.1. The van der Waals surface area contributed by atoms with Crippen LogP contribution in [0.2, 0.25) is 0 Å². The minimum Gasteiger partial charge on any atom is -0.302 e. The van der Waals surface area contributed by atoms with Crippen LogP contribution in [0.15, 0.2) is 0 Å². The maximum atomic E-state index is 3.69. The van der Waals surface area contributed by atoms with Gasteiger partial charge in [-0.25, -0.2) is 0 Å². The van der Waals surface area contributed by atoms with Gasteiger partial charge < -0.3 is 5.32 Å². The van der Waals surface area contributed by atoms with Gasteiger partial charge in [0.25, 0.3) is 0 Å². The first-order valence-corrected chi connectivity index (χ1v) is 6.37. The Bertz CT molecular complexity index is 143. The van der Waals surface area contributed by atoms with Gasteiger partial charge in [-0.15, -0.1) is 11.8 Å². The number of thioether (sulfide) groups is 2. The molecular formula is C8H15NS2. The lowest BCUT2D eigenvalue weighted by molar-refractivity contribution is 0.453. The fourth-order valence-corrected chi connectivity index (χ4v) is 4.96. The van der Waals surface area contributed by atoms with Crippen molar-refractivity contribution in [1.82, 2.24) is 5.32 Å². The number of rotatable bonds is 0. The summed E-state index contributed by atoms with van der Waals surface area (Å²) in [5, 5.41) is 4.50. The van der Waals surface area contributed by atoms with E-state index in [0.717, 1.165) is 5.25 Å². The summed E-state index contributed by atoms with van der Waals surface area (Å²) in [6.45, 7) is 3.60. The summed E-state index contributed by atoms with van der Waals surface area (Å²) in [5.74, 6) is 2.71. The van der Waals surface area contributed by atoms with Crippen molar-refractivity contribution in [2.75, 3.05) is 18.1 Å². The quantitative estimate of drug-likeness (QED) is 0.625. The maximum Gasteiger partial charge on any atom is 0.0770 e. The topological polar surface area (TPSA) is 12.0 Å². The van der Waals surface area contributed by atoms with Gasteiger partial charge in [0.1, 0.15) is 0 Å². The standard InChI is InChI=1S/C8H15NS2/c1-7-8(3-6-10-7)9-4-2-5-11-8/h7,9H,2-6H2,1H3. The van der Waals surface area contributed by atoms with Crippen LogP contribution in [0, 0.1) is 0 Å². The van der Waals surface area contributed by atoms with Gasteiger partial charge in [-0.05, 0) is 30.9 Å². The maximum absolute atomic E-state index is 3.69. The largest absolute Gasteiger partial charge is 0.302 e. The zero-order chi connectivity index (χ0) is 7.73. The molecule has 0 amide bonds. The molecule has 64 valence electrons. The second-order valence-electron chi connectivity index (χ2n) is 3.28. The summed E-state index contributed by atoms with van der Waals surface area (Å²) >= 11 is 4.27. The SMILES string of the molecule is CC1SCCC12NCCCS2. The predicted molar refractivity (Wildman–Crippen MR) is 54.3 cm³/mol. The second kappa shape index (κ2) is 3.19. The van der Waals surface area contributed by atoms with Crippen LogP contribution in [0.4, 0.5) is 0 Å². The van der Waals surface area contributed by atoms with Gasteiger partial charge >= 0.3 is 0 Å². The third-order valence-corrected chi connectivity index (χ3v) is 5.80. The van der Waals surface area contributed by atoms with Crippen molar-refractivity contribution in [2.45, 2.75) is 29.9 Å². The third-order valence-electron chi connectivity index (χ3n) is 2.60. The highest BCUT2D eigenvalue weighted by Crippen LogP contribution is 2.44. The Labute approximate surface area is 77.1 Å². The molecule has 0 aliphatic carbocycles. The van der Waals surface area contributed by atoms with E-state index in [0.29, 0.717) is 4.87 Å². The summed E-state index contributed by atoms with van der Waals surface area (Å²) in [5.41, 5.74) is 0. The first kappa shape index (κ1) is 8.27. The molecule has 3 heteroatoms. The van der Waals surface area contributed by atoms with Crippen LogP contribution in [-0.2, 0) is 0 Å². The molecule has 2 heterocycles. The number of hydrogen-bond donors (Lipinski definition) is 1. The molecule has 0 aromatic heterocycles. The fraction of sp³-hybridized carbons (Fsp3) is 1.00. The molecule has 0 aromatic rings. The van der Waals surface area contributed by atoms with Crippen LogP contribution >= 0.6 is 23.5 Å². The Hall–Kier alpha value is 0.660. The highest BCUT2D eigenvalue weighted by molar-refractivity contribution is 8.05. The summed E-state index contributed by atoms with van der Waals surface area (Å²) < 4.78 is 0. The van der Waals surface area contributed by atoms with Gasteiger partial charge in [0.05, 0.1) is 4.87 Å². The summed E-state index contributed by atoms with van der Waals surface area (Å²) in [4.78, 5) is 0.461. The van der Waals surface area contributed by atoms with E-state index in [2.05, 4.69) is 35.8 Å². The number of nitrogens with one attached hydrogen (secondary N) is 1. The van der Waals surface area contributed by atoms with Gasteiger partial charge in [-0.3, -0.25) is 0 Å². The molecule has 2 atom stereocenters. The van der Waals surface area contributed by atoms with Crippen molar-refractivity contribution in [3.63, 3.8) is 0 Å². The van der Waals surface area contributed by atoms with E-state index in [1.54, 1.807) is 0 Å². The van der Waals surface area contributed by atoms with Gasteiger partial charge in [-0.2, -0.15) is 11.8 Å². The zero-order valence-corrected chi connectivity index (χ0v) is 8.56. The Balaban J connectivity index is 2.06. The van der Waals surface area contributed by atoms with Crippen LogP contribution in [0.3, 0.4) is 0 Å². The van der Waals surface area contributed by atoms with Crippen molar-refractivity contribution in [1.29, 1.82) is 0 Å².